The number of amides is 1. The third-order valence-electron chi connectivity index (χ3n) is 1.15. The van der Waals surface area contributed by atoms with E-state index in [1.807, 2.05) is 0 Å². The van der Waals surface area contributed by atoms with Crippen molar-refractivity contribution in [3.05, 3.63) is 12.7 Å². The molecule has 5 heteroatoms. The molecule has 0 aromatic carbocycles. The molecule has 14 heavy (non-hydrogen) atoms. The van der Waals surface area contributed by atoms with Crippen molar-refractivity contribution in [2.45, 2.75) is 12.9 Å². The van der Waals surface area contributed by atoms with Crippen LogP contribution in [-0.2, 0) is 14.3 Å². The van der Waals surface area contributed by atoms with Crippen molar-refractivity contribution in [3.8, 4) is 0 Å². The molecule has 1 N–H and O–H groups in total. The summed E-state index contributed by atoms with van der Waals surface area (Å²) in [6, 6.07) is -2.12. The van der Waals surface area contributed by atoms with Gasteiger partial charge in [-0.05, 0) is 0 Å². The predicted octanol–water partition coefficient (Wildman–Crippen LogP) is 0.583. The van der Waals surface area contributed by atoms with Crippen LogP contribution in [0.1, 0.15) is 12.4 Å². The summed E-state index contributed by atoms with van der Waals surface area (Å²) in [5.41, 5.74) is 0. The molecule has 0 aromatic rings. The Labute approximate surface area is 93.7 Å². The van der Waals surface area contributed by atoms with E-state index in [4.69, 9.17) is 5.48 Å². The smallest absolute Gasteiger partial charge is 0.329 e. The Balaban J connectivity index is 4.78. The Hall–Kier alpha value is -0.970. The third-order valence-corrected chi connectivity index (χ3v) is 2.11. The largest absolute Gasteiger partial charge is 0.467 e. The number of esters is 1. The van der Waals surface area contributed by atoms with Gasteiger partial charge >= 0.3 is 5.97 Å². The van der Waals surface area contributed by atoms with Crippen LogP contribution < -0.4 is 5.32 Å². The van der Waals surface area contributed by atoms with Crippen LogP contribution in [0.2, 0.25) is 0 Å². The summed E-state index contributed by atoms with van der Waals surface area (Å²) in [6.45, 7) is 4.60. The number of carbonyl (C=O) groups excluding carboxylic acids is 2. The van der Waals surface area contributed by atoms with Crippen LogP contribution in [0.5, 0.6) is 0 Å². The molecule has 0 saturated carbocycles. The monoisotopic (exact) mass is 221 g/mol. The fourth-order valence-corrected chi connectivity index (χ4v) is 1.34. The van der Waals surface area contributed by atoms with E-state index in [-0.39, 0.29) is 5.75 Å². The molecule has 0 aromatic heterocycles. The molecule has 0 radical (unpaired) electrons. The van der Waals surface area contributed by atoms with Crippen LogP contribution in [-0.4, -0.2) is 36.4 Å². The number of hydrogen-bond acceptors (Lipinski definition) is 4. The van der Waals surface area contributed by atoms with Crippen molar-refractivity contribution in [1.29, 1.82) is 0 Å². The highest BCUT2D eigenvalue weighted by Gasteiger charge is 2.19. The zero-order valence-corrected chi connectivity index (χ0v) is 8.65. The minimum atomic E-state index is -2.94. The quantitative estimate of drug-likeness (QED) is 0.405. The summed E-state index contributed by atoms with van der Waals surface area (Å²) in [5.74, 6) is -1.60. The molecule has 80 valence electrons. The maximum atomic E-state index is 11.6. The number of carbonyl (C=O) groups is 2. The van der Waals surface area contributed by atoms with Crippen LogP contribution in [0.4, 0.5) is 0 Å². The average molecular weight is 221 g/mol. The van der Waals surface area contributed by atoms with E-state index in [1.54, 1.807) is 6.08 Å². The number of hydrogen-bond donors (Lipinski definition) is 1. The lowest BCUT2D eigenvalue weighted by Crippen LogP contribution is -2.42. The molecule has 0 spiro atoms. The van der Waals surface area contributed by atoms with Gasteiger partial charge in [0.05, 0.1) is 12.5 Å². The minimum absolute atomic E-state index is 0.131. The lowest BCUT2D eigenvalue weighted by molar-refractivity contribution is -0.144. The highest BCUT2D eigenvalue weighted by Crippen LogP contribution is 2.04. The van der Waals surface area contributed by atoms with E-state index >= 15 is 0 Å². The van der Waals surface area contributed by atoms with Crippen molar-refractivity contribution in [1.82, 2.24) is 5.32 Å². The molecule has 4 nitrogen and oxygen atoms in total. The van der Waals surface area contributed by atoms with Crippen LogP contribution in [0.25, 0.3) is 0 Å². The fraction of sp³-hybridized carbons (Fsp3) is 0.556. The summed E-state index contributed by atoms with van der Waals surface area (Å²) in [6.07, 6.45) is 1.56. The Morgan fingerprint density at radius 1 is 1.86 bits per heavy atom. The second kappa shape index (κ2) is 7.44. The number of rotatable bonds is 6. The number of methoxy groups -OCH3 is 1. The van der Waals surface area contributed by atoms with Gasteiger partial charge in [-0.3, -0.25) is 4.79 Å². The third kappa shape index (κ3) is 5.64. The van der Waals surface area contributed by atoms with Gasteiger partial charge in [0, 0.05) is 18.4 Å². The fourth-order valence-electron chi connectivity index (χ4n) is 0.664. The van der Waals surface area contributed by atoms with E-state index in [2.05, 4.69) is 16.6 Å². The van der Waals surface area contributed by atoms with Crippen molar-refractivity contribution in [2.24, 2.45) is 0 Å². The molecular weight excluding hydrogens is 202 g/mol. The molecule has 1 amide bonds. The first-order valence-corrected chi connectivity index (χ1v) is 4.97. The van der Waals surface area contributed by atoms with Gasteiger partial charge in [0.25, 0.3) is 0 Å². The number of thioether (sulfide) groups is 1. The molecule has 0 aliphatic rings. The van der Waals surface area contributed by atoms with Gasteiger partial charge < -0.3 is 10.1 Å². The number of nitrogens with one attached hydrogen (secondary N) is 1. The zero-order valence-electron chi connectivity index (χ0n) is 11.8. The summed E-state index contributed by atoms with van der Waals surface area (Å²) in [4.78, 5) is 22.5. The maximum absolute atomic E-state index is 11.6. The van der Waals surface area contributed by atoms with E-state index in [0.717, 1.165) is 18.7 Å². The zero-order chi connectivity index (χ0) is 14.4. The number of ether oxygens (including phenoxy) is 1. The van der Waals surface area contributed by atoms with Gasteiger partial charge in [0.1, 0.15) is 6.02 Å². The second-order valence-corrected chi connectivity index (χ2v) is 3.38. The van der Waals surface area contributed by atoms with Gasteiger partial charge in [-0.2, -0.15) is 11.8 Å². The molecule has 0 fully saturated rings. The van der Waals surface area contributed by atoms with Gasteiger partial charge in [-0.1, -0.05) is 6.08 Å². The first kappa shape index (κ1) is 7.34. The highest BCUT2D eigenvalue weighted by molar-refractivity contribution is 7.99. The van der Waals surface area contributed by atoms with Gasteiger partial charge in [0.15, 0.2) is 0 Å². The molecule has 0 heterocycles. The van der Waals surface area contributed by atoms with Crippen LogP contribution in [0.3, 0.4) is 0 Å². The van der Waals surface area contributed by atoms with Crippen molar-refractivity contribution >= 4 is 23.6 Å². The maximum Gasteiger partial charge on any atom is 0.329 e. The minimum Gasteiger partial charge on any atom is -0.467 e. The van der Waals surface area contributed by atoms with Gasteiger partial charge in [-0.15, -0.1) is 6.58 Å². The lowest BCUT2D eigenvalue weighted by Gasteiger charge is -2.14. The Bertz CT molecular complexity index is 334. The van der Waals surface area contributed by atoms with Crippen LogP contribution in [0.15, 0.2) is 12.7 Å². The molecule has 1 unspecified atom stereocenters. The van der Waals surface area contributed by atoms with E-state index in [0.29, 0.717) is 5.75 Å². The van der Waals surface area contributed by atoms with E-state index < -0.39 is 24.9 Å². The van der Waals surface area contributed by atoms with Gasteiger partial charge in [-0.25, -0.2) is 4.79 Å². The first-order chi connectivity index (χ1) is 8.10. The Kier molecular flexibility index (Phi) is 3.90. The topological polar surface area (TPSA) is 55.4 Å². The molecule has 0 aliphatic heterocycles. The standard InChI is InChI=1S/C9H15NO3S/c1-4-5-14-6-8(9(12)13-3)10-7(2)11/h4,8H,1,5-6H2,2-3H3,(H,10,11)/i3D3,8D. The highest BCUT2D eigenvalue weighted by atomic mass is 32.2. The second-order valence-electron chi connectivity index (χ2n) is 2.35. The van der Waals surface area contributed by atoms with Crippen LogP contribution in [0, 0.1) is 0 Å². The molecule has 0 rings (SSSR count). The lowest BCUT2D eigenvalue weighted by atomic mass is 10.3. The Morgan fingerprint density at radius 2 is 2.57 bits per heavy atom. The summed E-state index contributed by atoms with van der Waals surface area (Å²) in [5, 5.41) is 2.09. The summed E-state index contributed by atoms with van der Waals surface area (Å²) in [7, 11) is -2.94. The average Bonchev–Trinajstić information content (AvgIpc) is 2.14. The predicted molar refractivity (Wildman–Crippen MR) is 57.1 cm³/mol. The molecule has 1 atom stereocenters. The molecular formula is C9H15NO3S. The van der Waals surface area contributed by atoms with E-state index in [9.17, 15) is 9.59 Å². The molecule has 0 aliphatic carbocycles. The van der Waals surface area contributed by atoms with Crippen molar-refractivity contribution in [2.75, 3.05) is 18.5 Å². The van der Waals surface area contributed by atoms with Crippen molar-refractivity contribution in [3.63, 3.8) is 0 Å². The van der Waals surface area contributed by atoms with Gasteiger partial charge in [0.2, 0.25) is 5.91 Å². The first-order valence-electron chi connectivity index (χ1n) is 5.81. The normalized spacial score (nSPS) is 18.9. The molecule has 0 bridgehead atoms. The van der Waals surface area contributed by atoms with E-state index in [1.165, 1.54) is 0 Å². The van der Waals surface area contributed by atoms with Crippen LogP contribution >= 0.6 is 11.8 Å². The van der Waals surface area contributed by atoms with Crippen molar-refractivity contribution < 1.29 is 19.8 Å². The SMILES string of the molecule is [2H]C([2H])([2H])OC(=O)C([2H])(CSCC=C)NC(C)=O. The summed E-state index contributed by atoms with van der Waals surface area (Å²) < 4.78 is 32.4. The summed E-state index contributed by atoms with van der Waals surface area (Å²) >= 11 is 1.15. The Morgan fingerprint density at radius 3 is 3.07 bits per heavy atom. The molecule has 0 saturated heterocycles.